The Morgan fingerprint density at radius 3 is 2.67 bits per heavy atom. The molecule has 0 saturated carbocycles. The molecule has 1 aliphatic rings. The lowest BCUT2D eigenvalue weighted by molar-refractivity contribution is 0.419. The molecule has 1 N–H and O–H groups in total. The van der Waals surface area contributed by atoms with Gasteiger partial charge in [0.15, 0.2) is 0 Å². The van der Waals surface area contributed by atoms with Crippen molar-refractivity contribution in [1.82, 2.24) is 15.3 Å². The first kappa shape index (κ1) is 10.4. The van der Waals surface area contributed by atoms with Crippen LogP contribution in [0.4, 0.5) is 5.95 Å². The fraction of sp³-hybridized carbons (Fsp3) is 0.636. The Kier molecular flexibility index (Phi) is 2.86. The molecule has 0 bridgehead atoms. The van der Waals surface area contributed by atoms with Gasteiger partial charge < -0.3 is 10.2 Å². The van der Waals surface area contributed by atoms with Crippen LogP contribution >= 0.6 is 0 Å². The lowest BCUT2D eigenvalue weighted by Crippen LogP contribution is -2.55. The molecule has 0 radical (unpaired) electrons. The van der Waals surface area contributed by atoms with Crippen molar-refractivity contribution in [2.24, 2.45) is 0 Å². The molecule has 1 aliphatic heterocycles. The van der Waals surface area contributed by atoms with E-state index in [0.29, 0.717) is 12.1 Å². The van der Waals surface area contributed by atoms with Crippen molar-refractivity contribution in [3.63, 3.8) is 0 Å². The summed E-state index contributed by atoms with van der Waals surface area (Å²) in [4.78, 5) is 11.0. The minimum absolute atomic E-state index is 0.462. The molecule has 2 rings (SSSR count). The molecule has 2 atom stereocenters. The molecular weight excluding hydrogens is 188 g/mol. The van der Waals surface area contributed by atoms with E-state index in [2.05, 4.69) is 34.0 Å². The monoisotopic (exact) mass is 206 g/mol. The number of hydrogen-bond acceptors (Lipinski definition) is 4. The maximum absolute atomic E-state index is 4.37. The van der Waals surface area contributed by atoms with Gasteiger partial charge in [-0.15, -0.1) is 0 Å². The van der Waals surface area contributed by atoms with Crippen LogP contribution in [0.5, 0.6) is 0 Å². The van der Waals surface area contributed by atoms with Gasteiger partial charge >= 0.3 is 0 Å². The Morgan fingerprint density at radius 1 is 1.33 bits per heavy atom. The Labute approximate surface area is 90.7 Å². The van der Waals surface area contributed by atoms with Crippen molar-refractivity contribution in [3.8, 4) is 0 Å². The largest absolute Gasteiger partial charge is 0.335 e. The highest BCUT2D eigenvalue weighted by Gasteiger charge is 2.23. The molecule has 4 nitrogen and oxygen atoms in total. The summed E-state index contributed by atoms with van der Waals surface area (Å²) in [5, 5.41) is 3.45. The molecule has 1 saturated heterocycles. The third kappa shape index (κ3) is 2.26. The van der Waals surface area contributed by atoms with Crippen LogP contribution in [0.3, 0.4) is 0 Å². The first-order valence-corrected chi connectivity index (χ1v) is 5.45. The number of anilines is 1. The summed E-state index contributed by atoms with van der Waals surface area (Å²) in [7, 11) is 0. The normalized spacial score (nSPS) is 26.7. The third-order valence-electron chi connectivity index (χ3n) is 2.79. The van der Waals surface area contributed by atoms with Gasteiger partial charge in [0.2, 0.25) is 5.95 Å². The van der Waals surface area contributed by atoms with E-state index in [4.69, 9.17) is 0 Å². The average molecular weight is 206 g/mol. The Bertz CT molecular complexity index is 322. The van der Waals surface area contributed by atoms with E-state index in [1.165, 1.54) is 0 Å². The lowest BCUT2D eigenvalue weighted by atomic mass is 10.1. The second-order valence-electron chi connectivity index (χ2n) is 4.37. The van der Waals surface area contributed by atoms with E-state index in [1.54, 1.807) is 0 Å². The van der Waals surface area contributed by atoms with Crippen molar-refractivity contribution >= 4 is 5.95 Å². The van der Waals surface area contributed by atoms with Crippen LogP contribution in [0.25, 0.3) is 0 Å². The molecule has 1 aromatic rings. The molecule has 1 fully saturated rings. The molecule has 0 spiro atoms. The topological polar surface area (TPSA) is 41.1 Å². The number of aromatic nitrogens is 2. The van der Waals surface area contributed by atoms with Gasteiger partial charge in [-0.3, -0.25) is 0 Å². The Hall–Kier alpha value is -1.16. The second-order valence-corrected chi connectivity index (χ2v) is 4.37. The Morgan fingerprint density at radius 2 is 2.00 bits per heavy atom. The van der Waals surface area contributed by atoms with Crippen molar-refractivity contribution in [3.05, 3.63) is 18.0 Å². The fourth-order valence-corrected chi connectivity index (χ4v) is 1.83. The summed E-state index contributed by atoms with van der Waals surface area (Å²) in [6.45, 7) is 8.37. The molecule has 0 aliphatic carbocycles. The van der Waals surface area contributed by atoms with E-state index >= 15 is 0 Å². The molecule has 2 unspecified atom stereocenters. The maximum atomic E-state index is 4.37. The molecule has 0 aromatic carbocycles. The van der Waals surface area contributed by atoms with Crippen molar-refractivity contribution < 1.29 is 0 Å². The van der Waals surface area contributed by atoms with Crippen LogP contribution in [0.2, 0.25) is 0 Å². The summed E-state index contributed by atoms with van der Waals surface area (Å²) in [6.07, 6.45) is 3.75. The van der Waals surface area contributed by atoms with Gasteiger partial charge in [-0.05, 0) is 26.3 Å². The number of nitrogens with one attached hydrogen (secondary N) is 1. The highest BCUT2D eigenvalue weighted by molar-refractivity contribution is 5.32. The smallest absolute Gasteiger partial charge is 0.225 e. The highest BCUT2D eigenvalue weighted by Crippen LogP contribution is 2.14. The van der Waals surface area contributed by atoms with Crippen LogP contribution in [0.1, 0.15) is 19.4 Å². The predicted molar refractivity (Wildman–Crippen MR) is 61.0 cm³/mol. The van der Waals surface area contributed by atoms with E-state index in [-0.39, 0.29) is 0 Å². The fourth-order valence-electron chi connectivity index (χ4n) is 1.83. The average Bonchev–Trinajstić information content (AvgIpc) is 2.23. The minimum Gasteiger partial charge on any atom is -0.335 e. The van der Waals surface area contributed by atoms with E-state index in [0.717, 1.165) is 24.6 Å². The summed E-state index contributed by atoms with van der Waals surface area (Å²) < 4.78 is 0. The molecule has 4 heteroatoms. The van der Waals surface area contributed by atoms with Crippen LogP contribution in [0, 0.1) is 6.92 Å². The van der Waals surface area contributed by atoms with Gasteiger partial charge in [-0.2, -0.15) is 0 Å². The highest BCUT2D eigenvalue weighted by atomic mass is 15.3. The molecule has 0 amide bonds. The van der Waals surface area contributed by atoms with Crippen LogP contribution in [0.15, 0.2) is 12.4 Å². The number of rotatable bonds is 1. The molecular formula is C11H18N4. The molecule has 82 valence electrons. The summed E-state index contributed by atoms with van der Waals surface area (Å²) in [5.41, 5.74) is 1.11. The van der Waals surface area contributed by atoms with Gasteiger partial charge in [0.1, 0.15) is 0 Å². The standard InChI is InChI=1S/C11H18N4/c1-8-4-13-11(14-5-8)15-7-9(2)12-6-10(15)3/h4-5,9-10,12H,6-7H2,1-3H3. The summed E-state index contributed by atoms with van der Waals surface area (Å²) in [6, 6.07) is 0.968. The van der Waals surface area contributed by atoms with E-state index < -0.39 is 0 Å². The SMILES string of the molecule is Cc1cnc(N2CC(C)NCC2C)nc1. The van der Waals surface area contributed by atoms with Crippen LogP contribution < -0.4 is 10.2 Å². The molecule has 15 heavy (non-hydrogen) atoms. The van der Waals surface area contributed by atoms with Crippen LogP contribution in [-0.2, 0) is 0 Å². The van der Waals surface area contributed by atoms with E-state index in [9.17, 15) is 0 Å². The maximum Gasteiger partial charge on any atom is 0.225 e. The van der Waals surface area contributed by atoms with Gasteiger partial charge in [-0.1, -0.05) is 0 Å². The predicted octanol–water partition coefficient (Wildman–Crippen LogP) is 0.972. The second kappa shape index (κ2) is 4.14. The first-order valence-electron chi connectivity index (χ1n) is 5.45. The zero-order chi connectivity index (χ0) is 10.8. The van der Waals surface area contributed by atoms with Gasteiger partial charge in [0, 0.05) is 37.6 Å². The van der Waals surface area contributed by atoms with Crippen molar-refractivity contribution in [2.75, 3.05) is 18.0 Å². The first-order chi connectivity index (χ1) is 7.16. The Balaban J connectivity index is 2.17. The van der Waals surface area contributed by atoms with Gasteiger partial charge in [0.05, 0.1) is 0 Å². The quantitative estimate of drug-likeness (QED) is 0.743. The number of aryl methyl sites for hydroxylation is 1. The number of piperazine rings is 1. The van der Waals surface area contributed by atoms with Crippen LogP contribution in [-0.4, -0.2) is 35.1 Å². The van der Waals surface area contributed by atoms with Gasteiger partial charge in [0.25, 0.3) is 0 Å². The molecule has 2 heterocycles. The summed E-state index contributed by atoms with van der Waals surface area (Å²) >= 11 is 0. The zero-order valence-corrected chi connectivity index (χ0v) is 9.57. The number of hydrogen-bond donors (Lipinski definition) is 1. The summed E-state index contributed by atoms with van der Waals surface area (Å²) in [5.74, 6) is 0.849. The third-order valence-corrected chi connectivity index (χ3v) is 2.79. The molecule has 1 aromatic heterocycles. The minimum atomic E-state index is 0.462. The lowest BCUT2D eigenvalue weighted by Gasteiger charge is -2.37. The zero-order valence-electron chi connectivity index (χ0n) is 9.57. The van der Waals surface area contributed by atoms with Crippen molar-refractivity contribution in [1.29, 1.82) is 0 Å². The number of nitrogens with zero attached hydrogens (tertiary/aromatic N) is 3. The van der Waals surface area contributed by atoms with Crippen molar-refractivity contribution in [2.45, 2.75) is 32.9 Å². The van der Waals surface area contributed by atoms with E-state index in [1.807, 2.05) is 19.3 Å². The van der Waals surface area contributed by atoms with Gasteiger partial charge in [-0.25, -0.2) is 9.97 Å².